The van der Waals surface area contributed by atoms with E-state index in [-0.39, 0.29) is 0 Å². The molecule has 0 aliphatic carbocycles. The molecule has 0 aliphatic rings. The summed E-state index contributed by atoms with van der Waals surface area (Å²) in [5.41, 5.74) is 1.05. The van der Waals surface area contributed by atoms with Gasteiger partial charge in [-0.2, -0.15) is 0 Å². The van der Waals surface area contributed by atoms with Gasteiger partial charge >= 0.3 is 0 Å². The van der Waals surface area contributed by atoms with Crippen molar-refractivity contribution < 1.29 is 0 Å². The van der Waals surface area contributed by atoms with Gasteiger partial charge < -0.3 is 14.5 Å². The largest absolute Gasteiger partial charge is 0.356 e. The second-order valence-corrected chi connectivity index (χ2v) is 4.25. The third-order valence-corrected chi connectivity index (χ3v) is 2.68. The molecule has 0 aliphatic heterocycles. The summed E-state index contributed by atoms with van der Waals surface area (Å²) < 4.78 is 4.12. The molecular formula is C12H19N5. The van der Waals surface area contributed by atoms with E-state index >= 15 is 0 Å². The van der Waals surface area contributed by atoms with E-state index < -0.39 is 0 Å². The highest BCUT2D eigenvalue weighted by Crippen LogP contribution is 2.05. The van der Waals surface area contributed by atoms with Crippen LogP contribution in [0.25, 0.3) is 0 Å². The Labute approximate surface area is 102 Å². The maximum absolute atomic E-state index is 4.39. The third-order valence-electron chi connectivity index (χ3n) is 2.68. The molecule has 2 aromatic heterocycles. The maximum Gasteiger partial charge on any atom is 0.202 e. The normalized spacial score (nSPS) is 10.7. The van der Waals surface area contributed by atoms with E-state index in [1.165, 1.54) is 0 Å². The lowest BCUT2D eigenvalue weighted by Gasteiger charge is -2.06. The highest BCUT2D eigenvalue weighted by Gasteiger charge is 2.00. The van der Waals surface area contributed by atoms with Crippen LogP contribution in [0.15, 0.2) is 24.9 Å². The van der Waals surface area contributed by atoms with Crippen molar-refractivity contribution in [1.82, 2.24) is 19.1 Å². The molecule has 0 bridgehead atoms. The summed E-state index contributed by atoms with van der Waals surface area (Å²) in [5, 5.41) is 3.34. The highest BCUT2D eigenvalue weighted by molar-refractivity contribution is 5.27. The Morgan fingerprint density at radius 1 is 1.35 bits per heavy atom. The van der Waals surface area contributed by atoms with Crippen molar-refractivity contribution in [3.8, 4) is 0 Å². The summed E-state index contributed by atoms with van der Waals surface area (Å²) in [7, 11) is 2.01. The fourth-order valence-electron chi connectivity index (χ4n) is 1.82. The zero-order valence-electron chi connectivity index (χ0n) is 10.4. The minimum Gasteiger partial charge on any atom is -0.356 e. The molecule has 17 heavy (non-hydrogen) atoms. The Bertz CT molecular complexity index is 443. The first kappa shape index (κ1) is 11.7. The molecule has 0 spiro atoms. The molecule has 5 heteroatoms. The van der Waals surface area contributed by atoms with Crippen molar-refractivity contribution >= 4 is 5.95 Å². The van der Waals surface area contributed by atoms with Gasteiger partial charge in [-0.15, -0.1) is 0 Å². The van der Waals surface area contributed by atoms with Gasteiger partial charge in [0.25, 0.3) is 0 Å². The second kappa shape index (κ2) is 5.52. The van der Waals surface area contributed by atoms with Crippen LogP contribution in [0.4, 0.5) is 5.95 Å². The van der Waals surface area contributed by atoms with Crippen molar-refractivity contribution in [2.24, 2.45) is 7.05 Å². The monoisotopic (exact) mass is 233 g/mol. The van der Waals surface area contributed by atoms with Crippen LogP contribution in [-0.2, 0) is 13.6 Å². The van der Waals surface area contributed by atoms with E-state index in [1.807, 2.05) is 43.5 Å². The number of unbranched alkanes of at least 4 members (excludes halogenated alkanes) is 1. The molecule has 0 fully saturated rings. The molecule has 0 saturated carbocycles. The molecule has 2 aromatic rings. The number of aromatic nitrogens is 4. The van der Waals surface area contributed by atoms with Crippen molar-refractivity contribution in [3.05, 3.63) is 30.6 Å². The van der Waals surface area contributed by atoms with Crippen LogP contribution in [-0.4, -0.2) is 25.6 Å². The van der Waals surface area contributed by atoms with E-state index in [0.717, 1.165) is 37.6 Å². The molecule has 5 nitrogen and oxygen atoms in total. The van der Waals surface area contributed by atoms with E-state index in [0.29, 0.717) is 0 Å². The average Bonchev–Trinajstić information content (AvgIpc) is 2.89. The van der Waals surface area contributed by atoms with E-state index in [1.54, 1.807) is 0 Å². The summed E-state index contributed by atoms with van der Waals surface area (Å²) in [4.78, 5) is 8.41. The molecule has 0 saturated heterocycles. The van der Waals surface area contributed by atoms with E-state index in [2.05, 4.69) is 19.9 Å². The Balaban J connectivity index is 1.65. The molecule has 92 valence electrons. The molecule has 0 atom stereocenters. The summed E-state index contributed by atoms with van der Waals surface area (Å²) >= 11 is 0. The summed E-state index contributed by atoms with van der Waals surface area (Å²) in [6, 6.07) is 0. The van der Waals surface area contributed by atoms with Crippen LogP contribution in [0.1, 0.15) is 18.5 Å². The van der Waals surface area contributed by atoms with Crippen molar-refractivity contribution in [2.45, 2.75) is 26.3 Å². The van der Waals surface area contributed by atoms with Gasteiger partial charge in [-0.05, 0) is 19.8 Å². The standard InChI is InChI=1S/C12H19N5/c1-11-9-16(2)12(15-11)14-5-3-4-7-17-8-6-13-10-17/h6,8-10H,3-5,7H2,1-2H3,(H,14,15). The lowest BCUT2D eigenvalue weighted by Crippen LogP contribution is -2.07. The minimum atomic E-state index is 0.949. The van der Waals surface area contributed by atoms with Crippen LogP contribution >= 0.6 is 0 Å². The predicted octanol–water partition coefficient (Wildman–Crippen LogP) is 1.82. The molecule has 2 rings (SSSR count). The molecular weight excluding hydrogens is 214 g/mol. The van der Waals surface area contributed by atoms with Gasteiger partial charge in [-0.1, -0.05) is 0 Å². The average molecular weight is 233 g/mol. The quantitative estimate of drug-likeness (QED) is 0.774. The smallest absolute Gasteiger partial charge is 0.202 e. The number of anilines is 1. The first-order valence-electron chi connectivity index (χ1n) is 5.95. The number of rotatable bonds is 6. The van der Waals surface area contributed by atoms with Gasteiger partial charge in [-0.25, -0.2) is 9.97 Å². The Morgan fingerprint density at radius 2 is 2.24 bits per heavy atom. The fourth-order valence-corrected chi connectivity index (χ4v) is 1.82. The van der Waals surface area contributed by atoms with Crippen LogP contribution in [0.3, 0.4) is 0 Å². The molecule has 0 radical (unpaired) electrons. The zero-order chi connectivity index (χ0) is 12.1. The molecule has 1 N–H and O–H groups in total. The topological polar surface area (TPSA) is 47.7 Å². The van der Waals surface area contributed by atoms with Crippen molar-refractivity contribution in [3.63, 3.8) is 0 Å². The van der Waals surface area contributed by atoms with E-state index in [9.17, 15) is 0 Å². The molecule has 0 unspecified atom stereocenters. The summed E-state index contributed by atoms with van der Waals surface area (Å²) in [6.07, 6.45) is 9.96. The number of nitrogens with one attached hydrogen (secondary N) is 1. The molecule has 2 heterocycles. The second-order valence-electron chi connectivity index (χ2n) is 4.25. The fraction of sp³-hybridized carbons (Fsp3) is 0.500. The minimum absolute atomic E-state index is 0.949. The van der Waals surface area contributed by atoms with Crippen molar-refractivity contribution in [2.75, 3.05) is 11.9 Å². The van der Waals surface area contributed by atoms with Crippen LogP contribution < -0.4 is 5.32 Å². The number of imidazole rings is 2. The lowest BCUT2D eigenvalue weighted by atomic mass is 10.3. The predicted molar refractivity (Wildman–Crippen MR) is 67.9 cm³/mol. The number of aryl methyl sites for hydroxylation is 3. The Kier molecular flexibility index (Phi) is 3.80. The van der Waals surface area contributed by atoms with Gasteiger partial charge in [0.15, 0.2) is 0 Å². The number of hydrogen-bond donors (Lipinski definition) is 1. The summed E-state index contributed by atoms with van der Waals surface area (Å²) in [5.74, 6) is 0.949. The SMILES string of the molecule is Cc1cn(C)c(NCCCCn2ccnc2)n1. The van der Waals surface area contributed by atoms with Gasteiger partial charge in [0, 0.05) is 38.7 Å². The van der Waals surface area contributed by atoms with Gasteiger partial charge in [-0.3, -0.25) is 0 Å². The Hall–Kier alpha value is -1.78. The molecule has 0 amide bonds. The van der Waals surface area contributed by atoms with Crippen LogP contribution in [0, 0.1) is 6.92 Å². The lowest BCUT2D eigenvalue weighted by molar-refractivity contribution is 0.619. The highest BCUT2D eigenvalue weighted by atomic mass is 15.2. The van der Waals surface area contributed by atoms with Gasteiger partial charge in [0.05, 0.1) is 12.0 Å². The van der Waals surface area contributed by atoms with E-state index in [4.69, 9.17) is 0 Å². The number of nitrogens with zero attached hydrogens (tertiary/aromatic N) is 4. The van der Waals surface area contributed by atoms with Crippen LogP contribution in [0.2, 0.25) is 0 Å². The number of hydrogen-bond acceptors (Lipinski definition) is 3. The zero-order valence-corrected chi connectivity index (χ0v) is 10.4. The van der Waals surface area contributed by atoms with Crippen LogP contribution in [0.5, 0.6) is 0 Å². The maximum atomic E-state index is 4.39. The molecule has 0 aromatic carbocycles. The first-order chi connectivity index (χ1) is 8.25. The van der Waals surface area contributed by atoms with Gasteiger partial charge in [0.2, 0.25) is 5.95 Å². The van der Waals surface area contributed by atoms with Gasteiger partial charge in [0.1, 0.15) is 0 Å². The Morgan fingerprint density at radius 3 is 2.88 bits per heavy atom. The summed E-state index contributed by atoms with van der Waals surface area (Å²) in [6.45, 7) is 3.99. The third kappa shape index (κ3) is 3.34. The first-order valence-corrected chi connectivity index (χ1v) is 5.95. The van der Waals surface area contributed by atoms with Crippen molar-refractivity contribution in [1.29, 1.82) is 0 Å².